The number of hydrogen-bond donors (Lipinski definition) is 2. The topological polar surface area (TPSA) is 122 Å². The molecule has 2 atom stereocenters. The van der Waals surface area contributed by atoms with Crippen molar-refractivity contribution in [2.24, 2.45) is 0 Å². The minimum Gasteiger partial charge on any atom is -0.446 e. The Morgan fingerprint density at radius 1 is 0.900 bits per heavy atom. The average molecular weight is 409 g/mol. The van der Waals surface area contributed by atoms with Gasteiger partial charge in [0.2, 0.25) is 6.10 Å². The fraction of sp³-hybridized carbons (Fsp3) is 0.190. The Morgan fingerprint density at radius 3 is 1.97 bits per heavy atom. The van der Waals surface area contributed by atoms with E-state index < -0.39 is 41.9 Å². The second kappa shape index (κ2) is 8.56. The first kappa shape index (κ1) is 20.7. The third kappa shape index (κ3) is 3.90. The van der Waals surface area contributed by atoms with Gasteiger partial charge >= 0.3 is 12.0 Å². The lowest BCUT2D eigenvalue weighted by molar-refractivity contribution is -0.159. The number of carbonyl (C=O) groups is 5. The normalized spacial score (nSPS) is 14.5. The molecular formula is C21H19N3O6. The number of benzene rings is 2. The van der Waals surface area contributed by atoms with Crippen LogP contribution in [0.25, 0.3) is 0 Å². The molecule has 30 heavy (non-hydrogen) atoms. The maximum atomic E-state index is 12.8. The first-order valence-electron chi connectivity index (χ1n) is 9.10. The number of ether oxygens (including phenoxy) is 1. The fourth-order valence-electron chi connectivity index (χ4n) is 3.02. The van der Waals surface area contributed by atoms with E-state index >= 15 is 0 Å². The number of rotatable bonds is 5. The van der Waals surface area contributed by atoms with Gasteiger partial charge in [-0.05, 0) is 19.1 Å². The van der Waals surface area contributed by atoms with Gasteiger partial charge in [0.1, 0.15) is 6.04 Å². The molecule has 0 aromatic heterocycles. The molecule has 5 amide bonds. The van der Waals surface area contributed by atoms with Crippen molar-refractivity contribution in [2.45, 2.75) is 19.1 Å². The highest BCUT2D eigenvalue weighted by Gasteiger charge is 2.42. The van der Waals surface area contributed by atoms with Gasteiger partial charge in [-0.2, -0.15) is 0 Å². The Balaban J connectivity index is 1.82. The third-order valence-corrected chi connectivity index (χ3v) is 4.59. The van der Waals surface area contributed by atoms with Gasteiger partial charge in [0, 0.05) is 12.6 Å². The van der Waals surface area contributed by atoms with Gasteiger partial charge in [0.05, 0.1) is 11.1 Å². The van der Waals surface area contributed by atoms with Crippen LogP contribution in [0.15, 0.2) is 54.6 Å². The van der Waals surface area contributed by atoms with Crippen LogP contribution in [-0.4, -0.2) is 47.7 Å². The lowest BCUT2D eigenvalue weighted by Crippen LogP contribution is -2.46. The van der Waals surface area contributed by atoms with Crippen molar-refractivity contribution < 1.29 is 28.7 Å². The third-order valence-electron chi connectivity index (χ3n) is 4.59. The van der Waals surface area contributed by atoms with Crippen LogP contribution in [-0.2, 0) is 14.3 Å². The minimum absolute atomic E-state index is 0.194. The van der Waals surface area contributed by atoms with E-state index in [0.29, 0.717) is 5.56 Å². The van der Waals surface area contributed by atoms with Gasteiger partial charge in [0.15, 0.2) is 0 Å². The zero-order valence-corrected chi connectivity index (χ0v) is 16.2. The molecule has 2 aromatic rings. The van der Waals surface area contributed by atoms with Crippen molar-refractivity contribution in [1.82, 2.24) is 15.5 Å². The number of imide groups is 2. The smallest absolute Gasteiger partial charge is 0.330 e. The van der Waals surface area contributed by atoms with E-state index in [-0.39, 0.29) is 11.1 Å². The molecule has 1 heterocycles. The molecule has 9 heteroatoms. The molecule has 0 fully saturated rings. The molecule has 1 aliphatic heterocycles. The van der Waals surface area contributed by atoms with E-state index in [1.807, 2.05) is 0 Å². The summed E-state index contributed by atoms with van der Waals surface area (Å²) < 4.78 is 5.34. The molecule has 9 nitrogen and oxygen atoms in total. The van der Waals surface area contributed by atoms with Crippen molar-refractivity contribution in [1.29, 1.82) is 0 Å². The summed E-state index contributed by atoms with van der Waals surface area (Å²) in [6.45, 7) is 1.34. The van der Waals surface area contributed by atoms with Gasteiger partial charge in [-0.1, -0.05) is 42.5 Å². The molecule has 0 saturated heterocycles. The number of amides is 5. The minimum atomic E-state index is -1.45. The van der Waals surface area contributed by atoms with Crippen LogP contribution in [0, 0.1) is 0 Å². The van der Waals surface area contributed by atoms with Crippen molar-refractivity contribution >= 4 is 29.7 Å². The molecule has 0 radical (unpaired) electrons. The molecule has 154 valence electrons. The Labute approximate surface area is 172 Å². The highest BCUT2D eigenvalue weighted by Crippen LogP contribution is 2.26. The number of hydrogen-bond acceptors (Lipinski definition) is 6. The predicted octanol–water partition coefficient (Wildman–Crippen LogP) is 1.41. The van der Waals surface area contributed by atoms with Crippen LogP contribution in [0.3, 0.4) is 0 Å². The quantitative estimate of drug-likeness (QED) is 0.569. The van der Waals surface area contributed by atoms with Crippen LogP contribution in [0.2, 0.25) is 0 Å². The average Bonchev–Trinajstić information content (AvgIpc) is 3.02. The van der Waals surface area contributed by atoms with Crippen LogP contribution >= 0.6 is 0 Å². The lowest BCUT2D eigenvalue weighted by atomic mass is 10.1. The fourth-order valence-corrected chi connectivity index (χ4v) is 3.02. The van der Waals surface area contributed by atoms with E-state index in [0.717, 1.165) is 4.90 Å². The summed E-state index contributed by atoms with van der Waals surface area (Å²) in [5, 5.41) is 4.30. The zero-order chi connectivity index (χ0) is 21.8. The number of fused-ring (bicyclic) bond motifs is 1. The molecule has 3 rings (SSSR count). The second-order valence-corrected chi connectivity index (χ2v) is 6.50. The lowest BCUT2D eigenvalue weighted by Gasteiger charge is -2.24. The van der Waals surface area contributed by atoms with E-state index in [4.69, 9.17) is 4.74 Å². The standard InChI is InChI=1S/C21H19N3O6/c1-12(24-18(26)14-10-6-7-11-15(14)19(24)27)20(28)30-16(13-8-4-3-5-9-13)17(25)23-21(29)22-2/h3-12,16H,1-2H3,(H2,22,23,25,29)/t12-,16+/m1/s1. The van der Waals surface area contributed by atoms with Crippen molar-refractivity contribution in [3.63, 3.8) is 0 Å². The van der Waals surface area contributed by atoms with E-state index in [1.165, 1.54) is 26.1 Å². The van der Waals surface area contributed by atoms with Gasteiger partial charge in [-0.25, -0.2) is 9.59 Å². The highest BCUT2D eigenvalue weighted by molar-refractivity contribution is 6.22. The predicted molar refractivity (Wildman–Crippen MR) is 104 cm³/mol. The molecule has 1 aliphatic rings. The first-order chi connectivity index (χ1) is 14.3. The summed E-state index contributed by atoms with van der Waals surface area (Å²) in [5.74, 6) is -3.08. The number of nitrogens with zero attached hydrogens (tertiary/aromatic N) is 1. The first-order valence-corrected chi connectivity index (χ1v) is 9.10. The Kier molecular flexibility index (Phi) is 5.91. The van der Waals surface area contributed by atoms with Crippen molar-refractivity contribution in [3.05, 3.63) is 71.3 Å². The summed E-state index contributed by atoms with van der Waals surface area (Å²) >= 11 is 0. The molecule has 0 saturated carbocycles. The van der Waals surface area contributed by atoms with Crippen LogP contribution in [0.4, 0.5) is 4.79 Å². The van der Waals surface area contributed by atoms with E-state index in [1.54, 1.807) is 42.5 Å². The van der Waals surface area contributed by atoms with E-state index in [2.05, 4.69) is 10.6 Å². The summed E-state index contributed by atoms with van der Waals surface area (Å²) in [6.07, 6.45) is -1.45. The second-order valence-electron chi connectivity index (χ2n) is 6.50. The Hall–Kier alpha value is -4.01. The highest BCUT2D eigenvalue weighted by atomic mass is 16.5. The maximum absolute atomic E-state index is 12.8. The van der Waals surface area contributed by atoms with Gasteiger partial charge < -0.3 is 10.1 Å². The van der Waals surface area contributed by atoms with Gasteiger partial charge in [0.25, 0.3) is 17.7 Å². The van der Waals surface area contributed by atoms with Crippen LogP contribution in [0.1, 0.15) is 39.3 Å². The molecular weight excluding hydrogens is 390 g/mol. The molecule has 0 unspecified atom stereocenters. The van der Waals surface area contributed by atoms with Crippen LogP contribution in [0.5, 0.6) is 0 Å². The molecule has 2 N–H and O–H groups in total. The van der Waals surface area contributed by atoms with Crippen molar-refractivity contribution in [3.8, 4) is 0 Å². The number of esters is 1. The Bertz CT molecular complexity index is 985. The summed E-state index contributed by atoms with van der Waals surface area (Å²) in [5.41, 5.74) is 0.708. The molecule has 0 bridgehead atoms. The van der Waals surface area contributed by atoms with Crippen molar-refractivity contribution in [2.75, 3.05) is 7.05 Å². The number of carbonyl (C=O) groups excluding carboxylic acids is 5. The summed E-state index contributed by atoms with van der Waals surface area (Å²) in [6, 6.07) is 12.3. The number of nitrogens with one attached hydrogen (secondary N) is 2. The zero-order valence-electron chi connectivity index (χ0n) is 16.2. The molecule has 2 aromatic carbocycles. The van der Waals surface area contributed by atoms with Crippen LogP contribution < -0.4 is 10.6 Å². The molecule has 0 spiro atoms. The van der Waals surface area contributed by atoms with Gasteiger partial charge in [-0.3, -0.25) is 24.6 Å². The SMILES string of the molecule is CNC(=O)NC(=O)[C@@H](OC(=O)[C@@H](C)N1C(=O)c2ccccc2C1=O)c1ccccc1. The summed E-state index contributed by atoms with van der Waals surface area (Å²) in [4.78, 5) is 62.8. The van der Waals surface area contributed by atoms with E-state index in [9.17, 15) is 24.0 Å². The monoisotopic (exact) mass is 409 g/mol. The number of urea groups is 1. The Morgan fingerprint density at radius 2 is 1.43 bits per heavy atom. The molecule has 0 aliphatic carbocycles. The maximum Gasteiger partial charge on any atom is 0.330 e. The summed E-state index contributed by atoms with van der Waals surface area (Å²) in [7, 11) is 1.33. The van der Waals surface area contributed by atoms with Gasteiger partial charge in [-0.15, -0.1) is 0 Å². The largest absolute Gasteiger partial charge is 0.446 e.